The zero-order valence-corrected chi connectivity index (χ0v) is 17.7. The second-order valence-corrected chi connectivity index (χ2v) is 10.7. The largest absolute Gasteiger partial charge is 0.756 e. The summed E-state index contributed by atoms with van der Waals surface area (Å²) in [5.74, 6) is 0. The van der Waals surface area contributed by atoms with Gasteiger partial charge in [0.1, 0.15) is 25.4 Å². The molecule has 164 valence electrons. The van der Waals surface area contributed by atoms with E-state index in [0.29, 0.717) is 11.0 Å². The highest BCUT2D eigenvalue weighted by molar-refractivity contribution is 7.61. The minimum Gasteiger partial charge on any atom is -0.756 e. The molecule has 0 spiro atoms. The summed E-state index contributed by atoms with van der Waals surface area (Å²) in [6.07, 6.45) is -3.35. The number of phosphoric ester groups is 2. The third-order valence-corrected chi connectivity index (χ3v) is 7.20. The maximum absolute atomic E-state index is 14.8. The fourth-order valence-electron chi connectivity index (χ4n) is 2.70. The Kier molecular flexibility index (Phi) is 6.45. The molecule has 6 atom stereocenters. The summed E-state index contributed by atoms with van der Waals surface area (Å²) in [5, 5.41) is 0. The first-order valence-corrected chi connectivity index (χ1v) is 11.5. The predicted octanol–water partition coefficient (Wildman–Crippen LogP) is 0.210. The van der Waals surface area contributed by atoms with Gasteiger partial charge in [-0.2, -0.15) is 0 Å². The van der Waals surface area contributed by atoms with Crippen molar-refractivity contribution in [1.29, 1.82) is 0 Å². The van der Waals surface area contributed by atoms with Gasteiger partial charge in [0.05, 0.1) is 27.7 Å². The third-order valence-electron chi connectivity index (χ3n) is 4.14. The first-order chi connectivity index (χ1) is 13.4. The molecule has 29 heavy (non-hydrogen) atoms. The van der Waals surface area contributed by atoms with Gasteiger partial charge in [0.15, 0.2) is 12.4 Å². The lowest BCUT2D eigenvalue weighted by molar-refractivity contribution is -0.870. The summed E-state index contributed by atoms with van der Waals surface area (Å²) < 4.78 is 65.2. The number of likely N-dealkylation sites (N-methyl/N-ethyl adjacent to an activating group) is 1. The predicted molar refractivity (Wildman–Crippen MR) is 93.3 cm³/mol. The number of alkyl halides is 1. The summed E-state index contributed by atoms with van der Waals surface area (Å²) in [6, 6.07) is 1.41. The first kappa shape index (κ1) is 22.7. The fraction of sp³-hybridized carbons (Fsp3) is 0.714. The van der Waals surface area contributed by atoms with Crippen molar-refractivity contribution in [3.05, 3.63) is 28.9 Å². The molecule has 3 rings (SSSR count). The van der Waals surface area contributed by atoms with E-state index >= 15 is 0 Å². The number of quaternary nitrogens is 1. The summed E-state index contributed by atoms with van der Waals surface area (Å²) in [7, 11) is -4.27. The molecule has 0 amide bonds. The Balaban J connectivity index is 1.66. The van der Waals surface area contributed by atoms with E-state index in [4.69, 9.17) is 13.8 Å². The van der Waals surface area contributed by atoms with Crippen LogP contribution in [-0.4, -0.2) is 73.3 Å². The molecule has 1 aromatic heterocycles. The molecule has 0 bridgehead atoms. The lowest BCUT2D eigenvalue weighted by atomic mass is 10.1. The van der Waals surface area contributed by atoms with E-state index < -0.39 is 52.5 Å². The number of nitrogens with zero attached hydrogens (tertiary/aromatic N) is 3. The Morgan fingerprint density at radius 2 is 2.21 bits per heavy atom. The Morgan fingerprint density at radius 3 is 2.86 bits per heavy atom. The molecule has 2 aliphatic heterocycles. The zero-order valence-electron chi connectivity index (χ0n) is 16.0. The molecule has 2 saturated heterocycles. The van der Waals surface area contributed by atoms with E-state index in [1.54, 1.807) is 0 Å². The Bertz CT molecular complexity index is 892. The third kappa shape index (κ3) is 5.57. The lowest BCUT2D eigenvalue weighted by Crippen LogP contribution is -2.39. The van der Waals surface area contributed by atoms with E-state index in [2.05, 4.69) is 13.8 Å². The highest BCUT2D eigenvalue weighted by Gasteiger charge is 2.55. The SMILES string of the molecule is C[N+](C)(C)CCOP(=O)([O-])OP1(=O)OC[C@H]2O[C@@H](n3cccnc3=O)C(F)[C@@H]2O1. The number of rotatable bonds is 7. The number of ether oxygens (including phenoxy) is 1. The van der Waals surface area contributed by atoms with Gasteiger partial charge in [0, 0.05) is 12.4 Å². The van der Waals surface area contributed by atoms with Crippen molar-refractivity contribution < 1.29 is 45.5 Å². The van der Waals surface area contributed by atoms with Gasteiger partial charge in [-0.15, -0.1) is 0 Å². The fourth-order valence-corrected chi connectivity index (χ4v) is 5.46. The molecule has 2 aliphatic rings. The summed E-state index contributed by atoms with van der Waals surface area (Å²) in [6.45, 7) is -0.363. The van der Waals surface area contributed by atoms with Crippen LogP contribution in [0.4, 0.5) is 4.39 Å². The Hall–Kier alpha value is -1.01. The second kappa shape index (κ2) is 8.26. The molecular formula is C14H22FN3O9P2. The van der Waals surface area contributed by atoms with Crippen LogP contribution in [0.5, 0.6) is 0 Å². The van der Waals surface area contributed by atoms with Gasteiger partial charge in [0.25, 0.3) is 7.82 Å². The van der Waals surface area contributed by atoms with Crippen molar-refractivity contribution in [2.45, 2.75) is 24.6 Å². The van der Waals surface area contributed by atoms with Crippen LogP contribution in [0.15, 0.2) is 23.3 Å². The van der Waals surface area contributed by atoms with Crippen LogP contribution in [0.25, 0.3) is 0 Å². The van der Waals surface area contributed by atoms with Crippen molar-refractivity contribution in [2.75, 3.05) is 40.9 Å². The van der Waals surface area contributed by atoms with Gasteiger partial charge in [0.2, 0.25) is 0 Å². The minimum atomic E-state index is -5.05. The number of phosphoric acid groups is 2. The van der Waals surface area contributed by atoms with Crippen LogP contribution in [-0.2, 0) is 31.7 Å². The molecule has 3 heterocycles. The highest BCUT2D eigenvalue weighted by atomic mass is 31.3. The maximum Gasteiger partial charge on any atom is 0.481 e. The highest BCUT2D eigenvalue weighted by Crippen LogP contribution is 2.65. The first-order valence-electron chi connectivity index (χ1n) is 8.62. The van der Waals surface area contributed by atoms with Gasteiger partial charge >= 0.3 is 13.5 Å². The summed E-state index contributed by atoms with van der Waals surface area (Å²) >= 11 is 0. The monoisotopic (exact) mass is 457 g/mol. The van der Waals surface area contributed by atoms with E-state index in [-0.39, 0.29) is 6.61 Å². The lowest BCUT2D eigenvalue weighted by Gasteiger charge is -2.33. The summed E-state index contributed by atoms with van der Waals surface area (Å²) in [4.78, 5) is 27.3. The van der Waals surface area contributed by atoms with E-state index in [1.807, 2.05) is 21.1 Å². The Morgan fingerprint density at radius 1 is 1.48 bits per heavy atom. The van der Waals surface area contributed by atoms with Crippen LogP contribution < -0.4 is 10.6 Å². The topological polar surface area (TPSA) is 138 Å². The molecule has 0 saturated carbocycles. The quantitative estimate of drug-likeness (QED) is 0.413. The van der Waals surface area contributed by atoms with Gasteiger partial charge in [-0.05, 0) is 6.07 Å². The van der Waals surface area contributed by atoms with Crippen LogP contribution in [0, 0.1) is 0 Å². The van der Waals surface area contributed by atoms with Gasteiger partial charge in [-0.25, -0.2) is 23.0 Å². The Labute approximate surface area is 165 Å². The van der Waals surface area contributed by atoms with Crippen LogP contribution in [0.1, 0.15) is 6.23 Å². The van der Waals surface area contributed by atoms with E-state index in [9.17, 15) is 23.2 Å². The van der Waals surface area contributed by atoms with Crippen molar-refractivity contribution >= 4 is 15.6 Å². The molecular weight excluding hydrogens is 435 g/mol. The number of fused-ring (bicyclic) bond motifs is 1. The molecule has 0 radical (unpaired) electrons. The molecule has 15 heteroatoms. The number of halogens is 1. The van der Waals surface area contributed by atoms with Crippen LogP contribution in [0.2, 0.25) is 0 Å². The van der Waals surface area contributed by atoms with Gasteiger partial charge in [-0.3, -0.25) is 18.2 Å². The smallest absolute Gasteiger partial charge is 0.481 e. The minimum absolute atomic E-state index is 0.225. The van der Waals surface area contributed by atoms with Crippen molar-refractivity contribution in [2.24, 2.45) is 0 Å². The van der Waals surface area contributed by atoms with Crippen LogP contribution in [0.3, 0.4) is 0 Å². The molecule has 12 nitrogen and oxygen atoms in total. The van der Waals surface area contributed by atoms with Gasteiger partial charge in [-0.1, -0.05) is 0 Å². The zero-order chi connectivity index (χ0) is 21.4. The normalized spacial score (nSPS) is 34.5. The number of hydrogen-bond donors (Lipinski definition) is 0. The molecule has 0 aromatic carbocycles. The average molecular weight is 457 g/mol. The maximum atomic E-state index is 14.8. The average Bonchev–Trinajstić information content (AvgIpc) is 2.89. The molecule has 2 fully saturated rings. The standard InChI is InChI=1S/C14H22FN3O9P2/c1-18(2,3)7-8-23-28(20,21)27-29(22)24-9-10-12(26-29)11(15)13(25-10)17-6-4-5-16-14(17)19/h4-6,10-13H,7-9H2,1-3H3/t10-,11?,12-,13-,29?/m1/s1. The van der Waals surface area contributed by atoms with Crippen LogP contribution >= 0.6 is 15.6 Å². The number of aromatic nitrogens is 2. The molecule has 0 aliphatic carbocycles. The van der Waals surface area contributed by atoms with Crippen molar-refractivity contribution in [1.82, 2.24) is 9.55 Å². The van der Waals surface area contributed by atoms with E-state index in [1.165, 1.54) is 18.5 Å². The van der Waals surface area contributed by atoms with Crippen molar-refractivity contribution in [3.8, 4) is 0 Å². The number of hydrogen-bond acceptors (Lipinski definition) is 10. The summed E-state index contributed by atoms with van der Waals surface area (Å²) in [5.41, 5.74) is -0.756. The van der Waals surface area contributed by atoms with Crippen molar-refractivity contribution in [3.63, 3.8) is 0 Å². The second-order valence-electron chi connectivity index (χ2n) is 7.51. The molecule has 1 aromatic rings. The molecule has 0 N–H and O–H groups in total. The van der Waals surface area contributed by atoms with Gasteiger partial charge < -0.3 is 18.6 Å². The molecule has 3 unspecified atom stereocenters. The van der Waals surface area contributed by atoms with E-state index in [0.717, 1.165) is 4.57 Å².